The summed E-state index contributed by atoms with van der Waals surface area (Å²) in [6.07, 6.45) is 3.74. The highest BCUT2D eigenvalue weighted by atomic mass is 15.1. The van der Waals surface area contributed by atoms with Crippen LogP contribution in [-0.4, -0.2) is 6.54 Å². The zero-order valence-electron chi connectivity index (χ0n) is 4.72. The molecule has 0 aromatic carbocycles. The number of hydrogen-bond donors (Lipinski definition) is 0. The Morgan fingerprint density at radius 3 is 3.12 bits per heavy atom. The molecule has 0 fully saturated rings. The minimum Gasteiger partial charge on any atom is -0.184 e. The van der Waals surface area contributed by atoms with Gasteiger partial charge in [0, 0.05) is 0 Å². The van der Waals surface area contributed by atoms with Crippen LogP contribution in [0, 0.1) is 0 Å². The minimum atomic E-state index is 0.898. The van der Waals surface area contributed by atoms with Crippen molar-refractivity contribution >= 4 is 0 Å². The topological polar surface area (TPSA) is 24.7 Å². The summed E-state index contributed by atoms with van der Waals surface area (Å²) in [4.78, 5) is 0. The summed E-state index contributed by atoms with van der Waals surface area (Å²) in [5.74, 6) is 0. The maximum Gasteiger partial charge on any atom is 0.0834 e. The molecule has 0 unspecified atom stereocenters. The van der Waals surface area contributed by atoms with Crippen LogP contribution >= 0.6 is 0 Å². The van der Waals surface area contributed by atoms with E-state index in [1.54, 1.807) is 0 Å². The highest BCUT2D eigenvalue weighted by Crippen LogP contribution is 2.30. The van der Waals surface area contributed by atoms with E-state index in [9.17, 15) is 0 Å². The van der Waals surface area contributed by atoms with E-state index in [-0.39, 0.29) is 0 Å². The first-order valence-electron chi connectivity index (χ1n) is 3.05. The van der Waals surface area contributed by atoms with Crippen LogP contribution < -0.4 is 0 Å². The maximum atomic E-state index is 4.00. The van der Waals surface area contributed by atoms with E-state index in [1.807, 2.05) is 0 Å². The first-order valence-corrected chi connectivity index (χ1v) is 3.05. The fraction of sp³-hybridized carbons (Fsp3) is 0.667. The summed E-state index contributed by atoms with van der Waals surface area (Å²) >= 11 is 0. The van der Waals surface area contributed by atoms with Crippen molar-refractivity contribution < 1.29 is 0 Å². The molecule has 2 rings (SSSR count). The summed E-state index contributed by atoms with van der Waals surface area (Å²) in [7, 11) is 0. The van der Waals surface area contributed by atoms with Gasteiger partial charge in [-0.3, -0.25) is 0 Å². The van der Waals surface area contributed by atoms with Gasteiger partial charge >= 0.3 is 0 Å². The van der Waals surface area contributed by atoms with Crippen molar-refractivity contribution in [3.05, 3.63) is 11.3 Å². The number of rotatable bonds is 0. The standard InChI is InChI=1S/C6H8N2/c1-2-5-4-7-8-6(5)3-1/h1-4H2. The van der Waals surface area contributed by atoms with Gasteiger partial charge in [0.2, 0.25) is 0 Å². The van der Waals surface area contributed by atoms with Gasteiger partial charge in [-0.25, -0.2) is 0 Å². The van der Waals surface area contributed by atoms with Gasteiger partial charge in [-0.2, -0.15) is 10.2 Å². The van der Waals surface area contributed by atoms with Crippen LogP contribution in [-0.2, 0) is 0 Å². The lowest BCUT2D eigenvalue weighted by molar-refractivity contribution is 0.841. The number of azo groups is 1. The summed E-state index contributed by atoms with van der Waals surface area (Å²) in [6, 6.07) is 0. The molecular weight excluding hydrogens is 100 g/mol. The Bertz CT molecular complexity index is 167. The third-order valence-corrected chi connectivity index (χ3v) is 1.75. The lowest BCUT2D eigenvalue weighted by Crippen LogP contribution is -1.77. The summed E-state index contributed by atoms with van der Waals surface area (Å²) in [5, 5.41) is 7.92. The largest absolute Gasteiger partial charge is 0.184 e. The van der Waals surface area contributed by atoms with E-state index in [1.165, 1.54) is 30.5 Å². The molecule has 0 N–H and O–H groups in total. The van der Waals surface area contributed by atoms with Gasteiger partial charge in [0.05, 0.1) is 12.2 Å². The van der Waals surface area contributed by atoms with Gasteiger partial charge in [0.15, 0.2) is 0 Å². The predicted octanol–water partition coefficient (Wildman–Crippen LogP) is 1.89. The van der Waals surface area contributed by atoms with Gasteiger partial charge < -0.3 is 0 Å². The second kappa shape index (κ2) is 1.41. The third-order valence-electron chi connectivity index (χ3n) is 1.75. The van der Waals surface area contributed by atoms with E-state index in [2.05, 4.69) is 10.2 Å². The molecule has 0 aromatic rings. The fourth-order valence-electron chi connectivity index (χ4n) is 1.29. The molecule has 1 aliphatic carbocycles. The normalized spacial score (nSPS) is 25.0. The quantitative estimate of drug-likeness (QED) is 0.452. The lowest BCUT2D eigenvalue weighted by Gasteiger charge is -1.84. The van der Waals surface area contributed by atoms with E-state index in [4.69, 9.17) is 0 Å². The van der Waals surface area contributed by atoms with Crippen molar-refractivity contribution in [2.24, 2.45) is 10.2 Å². The Morgan fingerprint density at radius 1 is 1.25 bits per heavy atom. The SMILES string of the molecule is C1CC2=C(C1)N=NC2. The molecule has 8 heavy (non-hydrogen) atoms. The Hall–Kier alpha value is -0.660. The molecule has 0 amide bonds. The highest BCUT2D eigenvalue weighted by Gasteiger charge is 2.16. The molecule has 42 valence electrons. The van der Waals surface area contributed by atoms with Crippen LogP contribution in [0.3, 0.4) is 0 Å². The van der Waals surface area contributed by atoms with E-state index in [0.717, 1.165) is 6.54 Å². The van der Waals surface area contributed by atoms with Crippen molar-refractivity contribution in [1.29, 1.82) is 0 Å². The van der Waals surface area contributed by atoms with Crippen molar-refractivity contribution in [3.63, 3.8) is 0 Å². The molecule has 0 radical (unpaired) electrons. The van der Waals surface area contributed by atoms with Gasteiger partial charge in [-0.1, -0.05) is 0 Å². The molecule has 1 aliphatic heterocycles. The first-order chi connectivity index (χ1) is 3.97. The van der Waals surface area contributed by atoms with Crippen LogP contribution in [0.25, 0.3) is 0 Å². The Balaban J connectivity index is 2.33. The molecule has 0 spiro atoms. The molecule has 1 heterocycles. The molecule has 2 heteroatoms. The van der Waals surface area contributed by atoms with Crippen molar-refractivity contribution in [2.75, 3.05) is 6.54 Å². The number of nitrogens with zero attached hydrogens (tertiary/aromatic N) is 2. The Labute approximate surface area is 48.3 Å². The summed E-state index contributed by atoms with van der Waals surface area (Å²) < 4.78 is 0. The van der Waals surface area contributed by atoms with Crippen LogP contribution in [0.5, 0.6) is 0 Å². The van der Waals surface area contributed by atoms with Crippen molar-refractivity contribution in [1.82, 2.24) is 0 Å². The van der Waals surface area contributed by atoms with Crippen molar-refractivity contribution in [2.45, 2.75) is 19.3 Å². The first kappa shape index (κ1) is 4.24. The predicted molar refractivity (Wildman–Crippen MR) is 30.6 cm³/mol. The van der Waals surface area contributed by atoms with Gasteiger partial charge in [-0.15, -0.1) is 0 Å². The monoisotopic (exact) mass is 108 g/mol. The molecule has 0 bridgehead atoms. The molecule has 0 saturated heterocycles. The van der Waals surface area contributed by atoms with Gasteiger partial charge in [-0.05, 0) is 24.8 Å². The third kappa shape index (κ3) is 0.427. The van der Waals surface area contributed by atoms with Crippen LogP contribution in [0.15, 0.2) is 21.5 Å². The average molecular weight is 108 g/mol. The van der Waals surface area contributed by atoms with E-state index < -0.39 is 0 Å². The lowest BCUT2D eigenvalue weighted by atomic mass is 10.2. The molecule has 0 aromatic heterocycles. The van der Waals surface area contributed by atoms with Gasteiger partial charge in [0.25, 0.3) is 0 Å². The Morgan fingerprint density at radius 2 is 2.25 bits per heavy atom. The Kier molecular flexibility index (Phi) is 0.745. The number of hydrogen-bond acceptors (Lipinski definition) is 2. The summed E-state index contributed by atoms with van der Waals surface area (Å²) in [6.45, 7) is 0.898. The number of allylic oxidation sites excluding steroid dienone is 1. The van der Waals surface area contributed by atoms with E-state index >= 15 is 0 Å². The highest BCUT2D eigenvalue weighted by molar-refractivity contribution is 5.21. The van der Waals surface area contributed by atoms with Gasteiger partial charge in [0.1, 0.15) is 0 Å². The van der Waals surface area contributed by atoms with E-state index in [0.29, 0.717) is 0 Å². The molecule has 2 aliphatic rings. The zero-order chi connectivity index (χ0) is 5.40. The molecule has 2 nitrogen and oxygen atoms in total. The molecular formula is C6H8N2. The summed E-state index contributed by atoms with van der Waals surface area (Å²) in [5.41, 5.74) is 2.77. The second-order valence-corrected chi connectivity index (χ2v) is 2.30. The van der Waals surface area contributed by atoms with Crippen LogP contribution in [0.4, 0.5) is 0 Å². The average Bonchev–Trinajstić information content (AvgIpc) is 2.15. The van der Waals surface area contributed by atoms with Crippen LogP contribution in [0.2, 0.25) is 0 Å². The molecule has 0 saturated carbocycles. The smallest absolute Gasteiger partial charge is 0.0834 e. The zero-order valence-corrected chi connectivity index (χ0v) is 4.72. The second-order valence-electron chi connectivity index (χ2n) is 2.30. The molecule has 0 atom stereocenters. The van der Waals surface area contributed by atoms with Crippen molar-refractivity contribution in [3.8, 4) is 0 Å². The fourth-order valence-corrected chi connectivity index (χ4v) is 1.29. The van der Waals surface area contributed by atoms with Crippen LogP contribution in [0.1, 0.15) is 19.3 Å². The maximum absolute atomic E-state index is 4.00. The minimum absolute atomic E-state index is 0.898.